The number of rotatable bonds is 10. The van der Waals surface area contributed by atoms with Crippen molar-refractivity contribution in [3.8, 4) is 0 Å². The van der Waals surface area contributed by atoms with Crippen molar-refractivity contribution in [3.63, 3.8) is 0 Å². The molecule has 0 amide bonds. The molecular weight excluding hydrogens is 993 g/mol. The Bertz CT molecular complexity index is 3410. The van der Waals surface area contributed by atoms with Crippen molar-refractivity contribution < 1.29 is 51.9 Å². The Morgan fingerprint density at radius 3 is 0.719 bits per heavy atom. The number of hydrogen-bond donors (Lipinski definition) is 4. The SMILES string of the molecule is CCn1c(=NN=c2sc3cc(S(=O)(=O)O)ccc3n2CC)sc2cc(S(=O)(=O)O)ccc21.CCn1c(=NN=c2sc3cc(S(=O)(=O)O)ccc3n2CC)sc2cc(S(=O)(=O)O)ccc21. The van der Waals surface area contributed by atoms with E-state index in [1.807, 2.05) is 46.0 Å². The summed E-state index contributed by atoms with van der Waals surface area (Å²) in [6.07, 6.45) is 0. The average Bonchev–Trinajstić information content (AvgIpc) is 3.98. The lowest BCUT2D eigenvalue weighted by atomic mass is 10.3. The third-order valence-electron chi connectivity index (χ3n) is 9.52. The summed E-state index contributed by atoms with van der Waals surface area (Å²) in [5.74, 6) is 0. The Morgan fingerprint density at radius 2 is 0.562 bits per heavy atom. The lowest BCUT2D eigenvalue weighted by Gasteiger charge is -2.01. The lowest BCUT2D eigenvalue weighted by molar-refractivity contribution is 0.481. The second kappa shape index (κ2) is 17.9. The molecule has 4 N–H and O–H groups in total. The predicted molar refractivity (Wildman–Crippen MR) is 243 cm³/mol. The number of fused-ring (bicyclic) bond motifs is 4. The Balaban J connectivity index is 0.000000191. The molecule has 340 valence electrons. The van der Waals surface area contributed by atoms with Gasteiger partial charge in [0.2, 0.25) is 19.2 Å². The van der Waals surface area contributed by atoms with Crippen molar-refractivity contribution in [1.29, 1.82) is 0 Å². The van der Waals surface area contributed by atoms with Crippen LogP contribution < -0.4 is 19.2 Å². The predicted octanol–water partition coefficient (Wildman–Crippen LogP) is 5.34. The molecule has 4 heterocycles. The van der Waals surface area contributed by atoms with Gasteiger partial charge in [0.15, 0.2) is 0 Å². The Labute approximate surface area is 380 Å². The monoisotopic (exact) mass is 1030 g/mol. The van der Waals surface area contributed by atoms with E-state index in [-0.39, 0.29) is 19.6 Å². The van der Waals surface area contributed by atoms with E-state index in [4.69, 9.17) is 0 Å². The zero-order valence-electron chi connectivity index (χ0n) is 33.7. The van der Waals surface area contributed by atoms with Gasteiger partial charge in [-0.3, -0.25) is 18.2 Å². The van der Waals surface area contributed by atoms with Crippen LogP contribution in [-0.2, 0) is 66.7 Å². The van der Waals surface area contributed by atoms with Crippen LogP contribution in [0.1, 0.15) is 27.7 Å². The van der Waals surface area contributed by atoms with Gasteiger partial charge in [-0.1, -0.05) is 45.3 Å². The van der Waals surface area contributed by atoms with E-state index in [1.54, 1.807) is 24.3 Å². The summed E-state index contributed by atoms with van der Waals surface area (Å²) >= 11 is 4.94. The Morgan fingerprint density at radius 1 is 0.375 bits per heavy atom. The first kappa shape index (κ1) is 47.2. The van der Waals surface area contributed by atoms with Crippen molar-refractivity contribution in [2.45, 2.75) is 73.5 Å². The van der Waals surface area contributed by atoms with Crippen molar-refractivity contribution >= 4 is 127 Å². The summed E-state index contributed by atoms with van der Waals surface area (Å²) in [4.78, 5) is 1.37. The molecule has 0 saturated carbocycles. The van der Waals surface area contributed by atoms with Crippen LogP contribution in [0.5, 0.6) is 0 Å². The summed E-state index contributed by atoms with van der Waals surface area (Å²) in [5.41, 5.74) is 3.04. The third kappa shape index (κ3) is 9.63. The zero-order valence-corrected chi connectivity index (χ0v) is 40.2. The highest BCUT2D eigenvalue weighted by Gasteiger charge is 2.17. The highest BCUT2D eigenvalue weighted by Crippen LogP contribution is 2.25. The van der Waals surface area contributed by atoms with Crippen LogP contribution in [-0.4, -0.2) is 70.2 Å². The lowest BCUT2D eigenvalue weighted by Crippen LogP contribution is -2.16. The van der Waals surface area contributed by atoms with Gasteiger partial charge in [-0.15, -0.1) is 20.4 Å². The maximum atomic E-state index is 11.4. The molecule has 0 unspecified atom stereocenters. The molecule has 0 spiro atoms. The van der Waals surface area contributed by atoms with Crippen LogP contribution in [0.4, 0.5) is 0 Å². The van der Waals surface area contributed by atoms with Crippen LogP contribution in [0.2, 0.25) is 0 Å². The number of aromatic nitrogens is 4. The van der Waals surface area contributed by atoms with Gasteiger partial charge in [0.25, 0.3) is 40.5 Å². The minimum atomic E-state index is -4.32. The standard InChI is InChI=1S/2C18H18N4O6S4/c2*1-3-21-13-7-5-11(31(23,24)25)9-15(13)29-17(21)19-20-18-22(4-2)14-8-6-12(32(26,27)28)10-16(14)30-18/h2*5-10H,3-4H2,1-2H3,(H,23,24,25)(H,26,27,28). The molecule has 0 bridgehead atoms. The average molecular weight is 1030 g/mol. The Hall–Kier alpha value is -4.72. The Kier molecular flexibility index (Phi) is 13.2. The highest BCUT2D eigenvalue weighted by atomic mass is 32.2. The highest BCUT2D eigenvalue weighted by molar-refractivity contribution is 7.86. The fraction of sp³-hybridized carbons (Fsp3) is 0.222. The number of benzene rings is 4. The molecule has 20 nitrogen and oxygen atoms in total. The fourth-order valence-electron chi connectivity index (χ4n) is 6.56. The van der Waals surface area contributed by atoms with E-state index in [2.05, 4.69) is 20.4 Å². The fourth-order valence-corrected chi connectivity index (χ4v) is 13.2. The van der Waals surface area contributed by atoms with Gasteiger partial charge in [-0.05, 0) is 100 Å². The first-order chi connectivity index (χ1) is 30.0. The molecule has 8 aromatic rings. The van der Waals surface area contributed by atoms with Gasteiger partial charge < -0.3 is 18.3 Å². The number of aryl methyl sites for hydroxylation is 4. The molecule has 64 heavy (non-hydrogen) atoms. The molecule has 0 saturated heterocycles. The minimum Gasteiger partial charge on any atom is -0.315 e. The number of nitrogens with zero attached hydrogens (tertiary/aromatic N) is 8. The largest absolute Gasteiger partial charge is 0.315 e. The summed E-state index contributed by atoms with van der Waals surface area (Å²) in [6.45, 7) is 9.95. The van der Waals surface area contributed by atoms with Gasteiger partial charge in [0.1, 0.15) is 0 Å². The molecule has 0 radical (unpaired) electrons. The van der Waals surface area contributed by atoms with Gasteiger partial charge in [0.05, 0.1) is 60.4 Å². The first-order valence-corrected chi connectivity index (χ1v) is 27.7. The van der Waals surface area contributed by atoms with Crippen molar-refractivity contribution in [1.82, 2.24) is 18.3 Å². The molecule has 0 atom stereocenters. The van der Waals surface area contributed by atoms with E-state index in [0.29, 0.717) is 64.2 Å². The van der Waals surface area contributed by atoms with Gasteiger partial charge in [-0.2, -0.15) is 33.7 Å². The summed E-state index contributed by atoms with van der Waals surface area (Å²) in [5, 5.41) is 17.5. The van der Waals surface area contributed by atoms with E-state index in [0.717, 1.165) is 22.1 Å². The minimum absolute atomic E-state index is 0.194. The van der Waals surface area contributed by atoms with Crippen LogP contribution in [0, 0.1) is 0 Å². The van der Waals surface area contributed by atoms with Crippen LogP contribution >= 0.6 is 45.3 Å². The molecule has 0 fully saturated rings. The molecule has 4 aromatic heterocycles. The second-order valence-electron chi connectivity index (χ2n) is 13.3. The van der Waals surface area contributed by atoms with Crippen LogP contribution in [0.15, 0.2) is 113 Å². The van der Waals surface area contributed by atoms with Crippen molar-refractivity contribution in [3.05, 3.63) is 92.0 Å². The van der Waals surface area contributed by atoms with Crippen molar-refractivity contribution in [2.75, 3.05) is 0 Å². The molecule has 28 heteroatoms. The van der Waals surface area contributed by atoms with E-state index in [9.17, 15) is 51.9 Å². The maximum Gasteiger partial charge on any atom is 0.294 e. The first-order valence-electron chi connectivity index (χ1n) is 18.6. The van der Waals surface area contributed by atoms with E-state index in [1.165, 1.54) is 93.9 Å². The second-order valence-corrected chi connectivity index (χ2v) is 23.1. The smallest absolute Gasteiger partial charge is 0.294 e. The quantitative estimate of drug-likeness (QED) is 0.0998. The number of thiazole rings is 4. The van der Waals surface area contributed by atoms with Crippen LogP contribution in [0.3, 0.4) is 0 Å². The third-order valence-corrected chi connectivity index (χ3v) is 17.0. The van der Waals surface area contributed by atoms with Gasteiger partial charge >= 0.3 is 0 Å². The van der Waals surface area contributed by atoms with Crippen molar-refractivity contribution in [2.24, 2.45) is 20.4 Å². The summed E-state index contributed by atoms with van der Waals surface area (Å²) in [7, 11) is -17.3. The number of hydrogen-bond acceptors (Lipinski definition) is 16. The molecule has 0 aliphatic heterocycles. The maximum absolute atomic E-state index is 11.4. The molecule has 0 aliphatic rings. The molecule has 0 aliphatic carbocycles. The van der Waals surface area contributed by atoms with Gasteiger partial charge in [0, 0.05) is 26.2 Å². The van der Waals surface area contributed by atoms with E-state index >= 15 is 0 Å². The normalized spacial score (nSPS) is 14.1. The molecule has 4 aromatic carbocycles. The zero-order chi connectivity index (χ0) is 46.5. The summed E-state index contributed by atoms with van der Waals surface area (Å²) < 4.78 is 139. The van der Waals surface area contributed by atoms with Gasteiger partial charge in [-0.25, -0.2) is 0 Å². The molecular formula is C36H36N8O12S8. The van der Waals surface area contributed by atoms with Crippen LogP contribution in [0.25, 0.3) is 40.9 Å². The topological polar surface area (TPSA) is 287 Å². The molecule has 8 rings (SSSR count). The summed E-state index contributed by atoms with van der Waals surface area (Å²) in [6, 6.07) is 17.4. The van der Waals surface area contributed by atoms with E-state index < -0.39 is 40.5 Å².